The number of hydrogen-bond donors (Lipinski definition) is 0. The maximum Gasteiger partial charge on any atom is 0.119 e. The Balaban J connectivity index is 2.48. The second-order valence-electron chi connectivity index (χ2n) is 3.13. The van der Waals surface area contributed by atoms with E-state index in [1.807, 2.05) is 19.1 Å². The van der Waals surface area contributed by atoms with Gasteiger partial charge in [-0.05, 0) is 30.2 Å². The molecule has 0 bridgehead atoms. The third-order valence-corrected chi connectivity index (χ3v) is 2.24. The van der Waals surface area contributed by atoms with Crippen molar-refractivity contribution in [3.63, 3.8) is 0 Å². The minimum absolute atomic E-state index is 0.643. The Hall–Kier alpha value is -1.44. The van der Waals surface area contributed by atoms with E-state index in [4.69, 9.17) is 9.47 Å². The van der Waals surface area contributed by atoms with Crippen molar-refractivity contribution in [2.75, 3.05) is 7.11 Å². The van der Waals surface area contributed by atoms with Crippen LogP contribution in [-0.4, -0.2) is 7.11 Å². The first-order valence-corrected chi connectivity index (χ1v) is 4.27. The zero-order valence-electron chi connectivity index (χ0n) is 7.83. The first-order valence-electron chi connectivity index (χ1n) is 4.27. The smallest absolute Gasteiger partial charge is 0.119 e. The molecular formula is C11H12O2. The summed E-state index contributed by atoms with van der Waals surface area (Å²) < 4.78 is 10.4. The fourth-order valence-electron chi connectivity index (χ4n) is 1.52. The number of hydrogen-bond acceptors (Lipinski definition) is 2. The molecule has 0 saturated heterocycles. The molecule has 1 aromatic rings. The highest BCUT2D eigenvalue weighted by atomic mass is 16.5. The van der Waals surface area contributed by atoms with Crippen LogP contribution in [0.2, 0.25) is 0 Å². The van der Waals surface area contributed by atoms with Crippen LogP contribution in [0.5, 0.6) is 5.75 Å². The van der Waals surface area contributed by atoms with E-state index in [1.54, 1.807) is 13.4 Å². The summed E-state index contributed by atoms with van der Waals surface area (Å²) in [6, 6.07) is 6.07. The van der Waals surface area contributed by atoms with Crippen molar-refractivity contribution in [2.45, 2.75) is 13.5 Å². The van der Waals surface area contributed by atoms with Gasteiger partial charge in [-0.3, -0.25) is 0 Å². The van der Waals surface area contributed by atoms with Crippen molar-refractivity contribution in [3.8, 4) is 5.75 Å². The molecule has 1 aliphatic heterocycles. The number of benzene rings is 1. The van der Waals surface area contributed by atoms with Crippen LogP contribution in [0, 0.1) is 0 Å². The van der Waals surface area contributed by atoms with Crippen LogP contribution < -0.4 is 4.74 Å². The second-order valence-corrected chi connectivity index (χ2v) is 3.13. The molecule has 0 N–H and O–H groups in total. The molecule has 13 heavy (non-hydrogen) atoms. The summed E-state index contributed by atoms with van der Waals surface area (Å²) in [4.78, 5) is 0. The van der Waals surface area contributed by atoms with Crippen molar-refractivity contribution in [3.05, 3.63) is 35.6 Å². The maximum absolute atomic E-state index is 5.29. The maximum atomic E-state index is 5.29. The molecule has 0 amide bonds. The number of ether oxygens (including phenoxy) is 2. The van der Waals surface area contributed by atoms with Gasteiger partial charge in [-0.25, -0.2) is 0 Å². The number of fused-ring (bicyclic) bond motifs is 1. The molecule has 0 aromatic heterocycles. The van der Waals surface area contributed by atoms with Gasteiger partial charge in [-0.2, -0.15) is 0 Å². The van der Waals surface area contributed by atoms with Crippen molar-refractivity contribution < 1.29 is 9.47 Å². The number of methoxy groups -OCH3 is 1. The molecule has 0 aliphatic carbocycles. The lowest BCUT2D eigenvalue weighted by atomic mass is 10.0. The molecule has 2 rings (SSSR count). The van der Waals surface area contributed by atoms with E-state index in [2.05, 4.69) is 6.07 Å². The molecule has 1 heterocycles. The highest BCUT2D eigenvalue weighted by Gasteiger charge is 2.10. The molecule has 2 nitrogen and oxygen atoms in total. The molecule has 0 spiro atoms. The summed E-state index contributed by atoms with van der Waals surface area (Å²) in [5.74, 6) is 0.886. The molecule has 0 saturated carbocycles. The molecule has 0 radical (unpaired) electrons. The topological polar surface area (TPSA) is 18.5 Å². The Labute approximate surface area is 77.8 Å². The van der Waals surface area contributed by atoms with E-state index in [-0.39, 0.29) is 0 Å². The minimum Gasteiger partial charge on any atom is -0.497 e. The molecule has 68 valence electrons. The summed E-state index contributed by atoms with van der Waals surface area (Å²) >= 11 is 0. The highest BCUT2D eigenvalue weighted by molar-refractivity contribution is 5.67. The van der Waals surface area contributed by atoms with Gasteiger partial charge in [0.2, 0.25) is 0 Å². The van der Waals surface area contributed by atoms with E-state index in [9.17, 15) is 0 Å². The van der Waals surface area contributed by atoms with Gasteiger partial charge >= 0.3 is 0 Å². The van der Waals surface area contributed by atoms with Crippen LogP contribution in [0.4, 0.5) is 0 Å². The van der Waals surface area contributed by atoms with Gasteiger partial charge in [0, 0.05) is 5.56 Å². The zero-order chi connectivity index (χ0) is 9.26. The van der Waals surface area contributed by atoms with Gasteiger partial charge in [0.1, 0.15) is 12.4 Å². The molecule has 0 atom stereocenters. The van der Waals surface area contributed by atoms with Crippen LogP contribution in [0.3, 0.4) is 0 Å². The SMILES string of the molecule is COc1ccc2c(c1)COC=C2C. The van der Waals surface area contributed by atoms with Crippen molar-refractivity contribution in [1.82, 2.24) is 0 Å². The van der Waals surface area contributed by atoms with Gasteiger partial charge in [0.25, 0.3) is 0 Å². The van der Waals surface area contributed by atoms with Gasteiger partial charge in [-0.15, -0.1) is 0 Å². The summed E-state index contributed by atoms with van der Waals surface area (Å²) in [7, 11) is 1.67. The molecule has 1 aromatic carbocycles. The number of allylic oxidation sites excluding steroid dienone is 1. The Morgan fingerprint density at radius 2 is 2.23 bits per heavy atom. The van der Waals surface area contributed by atoms with Crippen LogP contribution in [0.25, 0.3) is 5.57 Å². The normalized spacial score (nSPS) is 14.2. The summed E-state index contributed by atoms with van der Waals surface area (Å²) in [5, 5.41) is 0. The van der Waals surface area contributed by atoms with Crippen LogP contribution >= 0.6 is 0 Å². The Morgan fingerprint density at radius 1 is 1.38 bits per heavy atom. The fourth-order valence-corrected chi connectivity index (χ4v) is 1.52. The molecular weight excluding hydrogens is 164 g/mol. The summed E-state index contributed by atoms with van der Waals surface area (Å²) in [6.07, 6.45) is 1.80. The average Bonchev–Trinajstić information content (AvgIpc) is 2.18. The second kappa shape index (κ2) is 3.13. The molecule has 2 heteroatoms. The Bertz CT molecular complexity index is 353. The van der Waals surface area contributed by atoms with E-state index in [1.165, 1.54) is 16.7 Å². The third kappa shape index (κ3) is 1.39. The fraction of sp³-hybridized carbons (Fsp3) is 0.273. The third-order valence-electron chi connectivity index (χ3n) is 2.24. The van der Waals surface area contributed by atoms with Gasteiger partial charge in [0.15, 0.2) is 0 Å². The van der Waals surface area contributed by atoms with E-state index in [0.717, 1.165) is 5.75 Å². The summed E-state index contributed by atoms with van der Waals surface area (Å²) in [6.45, 7) is 2.69. The predicted octanol–water partition coefficient (Wildman–Crippen LogP) is 2.59. The lowest BCUT2D eigenvalue weighted by Gasteiger charge is -2.16. The van der Waals surface area contributed by atoms with E-state index < -0.39 is 0 Å². The standard InChI is InChI=1S/C11H12O2/c1-8-6-13-7-9-5-10(12-2)3-4-11(8)9/h3-6H,7H2,1-2H3. The first kappa shape index (κ1) is 8.17. The van der Waals surface area contributed by atoms with Crippen molar-refractivity contribution in [1.29, 1.82) is 0 Å². The quantitative estimate of drug-likeness (QED) is 0.654. The minimum atomic E-state index is 0.643. The molecule has 1 aliphatic rings. The molecule has 0 unspecified atom stereocenters. The monoisotopic (exact) mass is 176 g/mol. The molecule has 0 fully saturated rings. The van der Waals surface area contributed by atoms with Gasteiger partial charge < -0.3 is 9.47 Å². The largest absolute Gasteiger partial charge is 0.497 e. The zero-order valence-corrected chi connectivity index (χ0v) is 7.83. The lowest BCUT2D eigenvalue weighted by molar-refractivity contribution is 0.232. The van der Waals surface area contributed by atoms with Crippen molar-refractivity contribution >= 4 is 5.57 Å². The van der Waals surface area contributed by atoms with Gasteiger partial charge in [-0.1, -0.05) is 6.07 Å². The highest BCUT2D eigenvalue weighted by Crippen LogP contribution is 2.27. The lowest BCUT2D eigenvalue weighted by Crippen LogP contribution is -2.00. The Morgan fingerprint density at radius 3 is 3.00 bits per heavy atom. The van der Waals surface area contributed by atoms with Crippen LogP contribution in [0.15, 0.2) is 24.5 Å². The Kier molecular flexibility index (Phi) is 1.97. The van der Waals surface area contributed by atoms with Gasteiger partial charge in [0.05, 0.1) is 13.4 Å². The predicted molar refractivity (Wildman–Crippen MR) is 51.4 cm³/mol. The van der Waals surface area contributed by atoms with E-state index >= 15 is 0 Å². The van der Waals surface area contributed by atoms with E-state index in [0.29, 0.717) is 6.61 Å². The average molecular weight is 176 g/mol. The number of rotatable bonds is 1. The summed E-state index contributed by atoms with van der Waals surface area (Å²) in [5.41, 5.74) is 3.62. The van der Waals surface area contributed by atoms with Crippen LogP contribution in [-0.2, 0) is 11.3 Å². The van der Waals surface area contributed by atoms with Crippen molar-refractivity contribution in [2.24, 2.45) is 0 Å². The van der Waals surface area contributed by atoms with Crippen LogP contribution in [0.1, 0.15) is 18.1 Å². The first-order chi connectivity index (χ1) is 6.31.